The number of oxime groups is 1. The number of piperidine rings is 1. The van der Waals surface area contributed by atoms with Gasteiger partial charge in [-0.15, -0.1) is 0 Å². The summed E-state index contributed by atoms with van der Waals surface area (Å²) in [5, 5.41) is 4.17. The molecule has 2 atom stereocenters. The molecule has 0 spiro atoms. The lowest BCUT2D eigenvalue weighted by Gasteiger charge is -2.41. The number of carbonyl (C=O) groups excluding carboxylic acids is 2. The van der Waals surface area contributed by atoms with E-state index in [9.17, 15) is 14.0 Å². The highest BCUT2D eigenvalue weighted by Gasteiger charge is 2.47. The Kier molecular flexibility index (Phi) is 6.48. The minimum atomic E-state index is -0.870. The number of esters is 1. The van der Waals surface area contributed by atoms with E-state index in [1.165, 1.54) is 18.3 Å². The summed E-state index contributed by atoms with van der Waals surface area (Å²) in [6.07, 6.45) is 5.00. The molecule has 0 unspecified atom stereocenters. The second-order valence-electron chi connectivity index (χ2n) is 8.25. The second-order valence-corrected chi connectivity index (χ2v) is 8.25. The predicted molar refractivity (Wildman–Crippen MR) is 115 cm³/mol. The quantitative estimate of drug-likeness (QED) is 0.643. The maximum Gasteiger partial charge on any atom is 0.314 e. The molecule has 1 saturated heterocycles. The standard InChI is InChI=1S/C24H26FN3O4/c1-2-31-23(30)24(10-4-12-28(16-24)22(29)18-5-3-11-26-15-18)14-20-13-21(27-32-20)17-6-8-19(25)9-7-17/h3,5-9,11,15,20H,2,4,10,12-14,16H2,1H3/t20-,24-/m1/s1. The molecule has 0 aliphatic carbocycles. The molecular formula is C24H26FN3O4. The zero-order chi connectivity index (χ0) is 22.6. The molecule has 3 heterocycles. The second kappa shape index (κ2) is 9.46. The molecule has 0 bridgehead atoms. The Labute approximate surface area is 186 Å². The van der Waals surface area contributed by atoms with Crippen molar-refractivity contribution in [3.05, 3.63) is 65.7 Å². The average molecular weight is 439 g/mol. The van der Waals surface area contributed by atoms with Gasteiger partial charge in [0.2, 0.25) is 0 Å². The van der Waals surface area contributed by atoms with Gasteiger partial charge >= 0.3 is 5.97 Å². The van der Waals surface area contributed by atoms with Crippen LogP contribution in [0.5, 0.6) is 0 Å². The van der Waals surface area contributed by atoms with Gasteiger partial charge in [-0.1, -0.05) is 17.3 Å². The van der Waals surface area contributed by atoms with Crippen molar-refractivity contribution in [3.63, 3.8) is 0 Å². The van der Waals surface area contributed by atoms with Gasteiger partial charge in [0.25, 0.3) is 5.91 Å². The van der Waals surface area contributed by atoms with Crippen LogP contribution in [0, 0.1) is 11.2 Å². The van der Waals surface area contributed by atoms with Crippen LogP contribution in [0.1, 0.15) is 48.5 Å². The Bertz CT molecular complexity index is 996. The highest BCUT2D eigenvalue weighted by molar-refractivity contribution is 6.01. The summed E-state index contributed by atoms with van der Waals surface area (Å²) in [6, 6.07) is 9.53. The Balaban J connectivity index is 1.50. The smallest absolute Gasteiger partial charge is 0.314 e. The fraction of sp³-hybridized carbons (Fsp3) is 0.417. The molecule has 1 amide bonds. The Morgan fingerprint density at radius 1 is 1.28 bits per heavy atom. The third-order valence-electron chi connectivity index (χ3n) is 6.01. The first kappa shape index (κ1) is 21.9. The molecular weight excluding hydrogens is 413 g/mol. The summed E-state index contributed by atoms with van der Waals surface area (Å²) in [5.74, 6) is -0.781. The van der Waals surface area contributed by atoms with E-state index >= 15 is 0 Å². The van der Waals surface area contributed by atoms with Crippen LogP contribution in [-0.2, 0) is 14.4 Å². The van der Waals surface area contributed by atoms with Crippen LogP contribution in [-0.4, -0.2) is 53.3 Å². The Hall–Kier alpha value is -3.29. The van der Waals surface area contributed by atoms with Crippen LogP contribution in [0.2, 0.25) is 0 Å². The minimum Gasteiger partial charge on any atom is -0.466 e. The Morgan fingerprint density at radius 2 is 2.09 bits per heavy atom. The van der Waals surface area contributed by atoms with Crippen LogP contribution in [0.15, 0.2) is 53.9 Å². The van der Waals surface area contributed by atoms with E-state index in [4.69, 9.17) is 9.57 Å². The number of rotatable bonds is 6. The SMILES string of the molecule is CCOC(=O)[C@@]1(C[C@H]2CC(c3ccc(F)cc3)=NO2)CCCN(C(=O)c2cccnc2)C1. The van der Waals surface area contributed by atoms with Gasteiger partial charge < -0.3 is 14.5 Å². The molecule has 7 nitrogen and oxygen atoms in total. The molecule has 1 aromatic heterocycles. The zero-order valence-corrected chi connectivity index (χ0v) is 18.0. The van der Waals surface area contributed by atoms with E-state index in [2.05, 4.69) is 10.1 Å². The molecule has 4 rings (SSSR count). The number of aromatic nitrogens is 1. The van der Waals surface area contributed by atoms with Gasteiger partial charge in [-0.05, 0) is 49.6 Å². The number of ether oxygens (including phenoxy) is 1. The molecule has 32 heavy (non-hydrogen) atoms. The number of amides is 1. The molecule has 8 heteroatoms. The average Bonchev–Trinajstić information content (AvgIpc) is 3.28. The molecule has 0 saturated carbocycles. The van der Waals surface area contributed by atoms with Crippen molar-refractivity contribution in [1.82, 2.24) is 9.88 Å². The predicted octanol–water partition coefficient (Wildman–Crippen LogP) is 3.59. The molecule has 0 radical (unpaired) electrons. The third kappa shape index (κ3) is 4.64. The van der Waals surface area contributed by atoms with Gasteiger partial charge in [0.05, 0.1) is 23.3 Å². The first-order chi connectivity index (χ1) is 15.5. The maximum atomic E-state index is 13.2. The number of carbonyl (C=O) groups is 2. The molecule has 168 valence electrons. The number of hydrogen-bond acceptors (Lipinski definition) is 6. The summed E-state index contributed by atoms with van der Waals surface area (Å²) in [5.41, 5.74) is 1.13. The van der Waals surface area contributed by atoms with Crippen molar-refractivity contribution < 1.29 is 23.6 Å². The van der Waals surface area contributed by atoms with Crippen molar-refractivity contribution in [1.29, 1.82) is 0 Å². The van der Waals surface area contributed by atoms with Gasteiger partial charge in [0.15, 0.2) is 0 Å². The number of benzene rings is 1. The Morgan fingerprint density at radius 3 is 2.81 bits per heavy atom. The van der Waals surface area contributed by atoms with Gasteiger partial charge in [-0.2, -0.15) is 0 Å². The van der Waals surface area contributed by atoms with E-state index in [-0.39, 0.29) is 36.9 Å². The molecule has 0 N–H and O–H groups in total. The van der Waals surface area contributed by atoms with E-state index in [0.717, 1.165) is 5.56 Å². The number of pyridine rings is 1. The molecule has 1 fully saturated rings. The summed E-state index contributed by atoms with van der Waals surface area (Å²) in [6.45, 7) is 2.86. The van der Waals surface area contributed by atoms with E-state index < -0.39 is 5.41 Å². The summed E-state index contributed by atoms with van der Waals surface area (Å²) in [7, 11) is 0. The van der Waals surface area contributed by atoms with Crippen LogP contribution in [0.4, 0.5) is 4.39 Å². The lowest BCUT2D eigenvalue weighted by Crippen LogP contribution is -2.51. The van der Waals surface area contributed by atoms with Crippen LogP contribution in [0.25, 0.3) is 0 Å². The molecule has 2 aromatic rings. The van der Waals surface area contributed by atoms with Crippen LogP contribution < -0.4 is 0 Å². The minimum absolute atomic E-state index is 0.151. The van der Waals surface area contributed by atoms with E-state index in [1.807, 2.05) is 0 Å². The summed E-state index contributed by atoms with van der Waals surface area (Å²) >= 11 is 0. The van der Waals surface area contributed by atoms with Gasteiger partial charge in [-0.3, -0.25) is 14.6 Å². The van der Waals surface area contributed by atoms with Crippen molar-refractivity contribution in [2.45, 2.75) is 38.7 Å². The number of hydrogen-bond donors (Lipinski definition) is 0. The fourth-order valence-electron chi connectivity index (χ4n) is 4.46. The van der Waals surface area contributed by atoms with Gasteiger partial charge in [0, 0.05) is 38.3 Å². The van der Waals surface area contributed by atoms with Gasteiger partial charge in [0.1, 0.15) is 11.9 Å². The topological polar surface area (TPSA) is 81.1 Å². The van der Waals surface area contributed by atoms with Crippen molar-refractivity contribution in [3.8, 4) is 0 Å². The third-order valence-corrected chi connectivity index (χ3v) is 6.01. The lowest BCUT2D eigenvalue weighted by atomic mass is 9.74. The van der Waals surface area contributed by atoms with Crippen LogP contribution in [0.3, 0.4) is 0 Å². The molecule has 2 aliphatic heterocycles. The highest BCUT2D eigenvalue weighted by Crippen LogP contribution is 2.39. The number of likely N-dealkylation sites (tertiary alicyclic amines) is 1. The first-order valence-corrected chi connectivity index (χ1v) is 10.9. The lowest BCUT2D eigenvalue weighted by molar-refractivity contribution is -0.161. The monoisotopic (exact) mass is 439 g/mol. The normalized spacial score (nSPS) is 22.8. The van der Waals surface area contributed by atoms with Gasteiger partial charge in [-0.25, -0.2) is 4.39 Å². The number of nitrogens with zero attached hydrogens (tertiary/aromatic N) is 3. The van der Waals surface area contributed by atoms with Crippen molar-refractivity contribution in [2.75, 3.05) is 19.7 Å². The molecule has 1 aromatic carbocycles. The van der Waals surface area contributed by atoms with Crippen molar-refractivity contribution >= 4 is 17.6 Å². The zero-order valence-electron chi connectivity index (χ0n) is 18.0. The maximum absolute atomic E-state index is 13.2. The van der Waals surface area contributed by atoms with Crippen LogP contribution >= 0.6 is 0 Å². The summed E-state index contributed by atoms with van der Waals surface area (Å²) < 4.78 is 18.7. The highest BCUT2D eigenvalue weighted by atomic mass is 19.1. The van der Waals surface area contributed by atoms with Crippen molar-refractivity contribution in [2.24, 2.45) is 10.6 Å². The number of halogens is 1. The molecule has 2 aliphatic rings. The summed E-state index contributed by atoms with van der Waals surface area (Å²) in [4.78, 5) is 37.5. The largest absolute Gasteiger partial charge is 0.466 e. The first-order valence-electron chi connectivity index (χ1n) is 10.9. The fourth-order valence-corrected chi connectivity index (χ4v) is 4.46. The van der Waals surface area contributed by atoms with E-state index in [0.29, 0.717) is 43.5 Å². The van der Waals surface area contributed by atoms with E-state index in [1.54, 1.807) is 42.3 Å².